The van der Waals surface area contributed by atoms with Gasteiger partial charge in [0.25, 0.3) is 11.5 Å². The topological polar surface area (TPSA) is 113 Å². The van der Waals surface area contributed by atoms with E-state index < -0.39 is 40.8 Å². The lowest BCUT2D eigenvalue weighted by Gasteiger charge is -2.32. The molecule has 1 saturated heterocycles. The molecule has 8 nitrogen and oxygen atoms in total. The van der Waals surface area contributed by atoms with Gasteiger partial charge < -0.3 is 9.47 Å². The monoisotopic (exact) mass is 307 g/mol. The normalized spacial score (nSPS) is 17.5. The maximum absolute atomic E-state index is 12.1. The zero-order valence-corrected chi connectivity index (χ0v) is 11.9. The number of ether oxygens (including phenoxy) is 2. The molecule has 0 bridgehead atoms. The first-order valence-corrected chi connectivity index (χ1v) is 6.42. The Morgan fingerprint density at radius 1 is 1.23 bits per heavy atom. The van der Waals surface area contributed by atoms with Gasteiger partial charge in [0.2, 0.25) is 5.92 Å². The third kappa shape index (κ3) is 3.11. The molecule has 1 fully saturated rings. The number of cyclic esters (lactones) is 2. The molecular weight excluding hydrogens is 294 g/mol. The van der Waals surface area contributed by atoms with Crippen molar-refractivity contribution < 1.29 is 28.8 Å². The van der Waals surface area contributed by atoms with Gasteiger partial charge in [-0.1, -0.05) is 18.2 Å². The van der Waals surface area contributed by atoms with Crippen LogP contribution in [0.5, 0.6) is 0 Å². The molecule has 0 radical (unpaired) electrons. The molecule has 2 rings (SSSR count). The van der Waals surface area contributed by atoms with E-state index in [1.807, 2.05) is 0 Å². The van der Waals surface area contributed by atoms with Gasteiger partial charge in [-0.3, -0.25) is 24.5 Å². The van der Waals surface area contributed by atoms with Crippen molar-refractivity contribution in [3.63, 3.8) is 0 Å². The van der Waals surface area contributed by atoms with Crippen LogP contribution in [0.25, 0.3) is 0 Å². The Bertz CT molecular complexity index is 645. The number of hydrogen-bond acceptors (Lipinski definition) is 7. The average Bonchev–Trinajstić information content (AvgIpc) is 2.36. The summed E-state index contributed by atoms with van der Waals surface area (Å²) in [5, 5.41) is 10.9. The molecule has 0 N–H and O–H groups in total. The molecule has 0 unspecified atom stereocenters. The van der Waals surface area contributed by atoms with Crippen LogP contribution in [0, 0.1) is 16.0 Å². The van der Waals surface area contributed by atoms with E-state index in [0.717, 1.165) is 0 Å². The van der Waals surface area contributed by atoms with Gasteiger partial charge in [-0.2, -0.15) is 0 Å². The van der Waals surface area contributed by atoms with Gasteiger partial charge >= 0.3 is 11.9 Å². The van der Waals surface area contributed by atoms with Crippen LogP contribution in [-0.4, -0.2) is 28.4 Å². The molecule has 1 aromatic carbocycles. The number of ketones is 1. The Morgan fingerprint density at radius 3 is 2.32 bits per heavy atom. The van der Waals surface area contributed by atoms with Gasteiger partial charge in [-0.25, -0.2) is 0 Å². The molecule has 0 aliphatic carbocycles. The van der Waals surface area contributed by atoms with Crippen LogP contribution in [0.1, 0.15) is 19.4 Å². The van der Waals surface area contributed by atoms with Crippen molar-refractivity contribution in [2.45, 2.75) is 26.1 Å². The van der Waals surface area contributed by atoms with Gasteiger partial charge in [-0.15, -0.1) is 0 Å². The zero-order valence-electron chi connectivity index (χ0n) is 11.9. The highest BCUT2D eigenvalue weighted by atomic mass is 16.7. The zero-order chi connectivity index (χ0) is 16.5. The number of nitro benzene ring substituents is 1. The molecule has 0 saturated carbocycles. The Kier molecular flexibility index (Phi) is 3.94. The molecular formula is C14H13NO7. The number of rotatable bonds is 4. The summed E-state index contributed by atoms with van der Waals surface area (Å²) >= 11 is 0. The molecule has 1 aliphatic rings. The molecule has 1 aromatic rings. The van der Waals surface area contributed by atoms with Crippen molar-refractivity contribution >= 4 is 23.4 Å². The maximum Gasteiger partial charge on any atom is 0.331 e. The average molecular weight is 307 g/mol. The quantitative estimate of drug-likeness (QED) is 0.355. The first-order chi connectivity index (χ1) is 10.2. The third-order valence-electron chi connectivity index (χ3n) is 3.04. The van der Waals surface area contributed by atoms with Gasteiger partial charge in [0.15, 0.2) is 5.78 Å². The Balaban J connectivity index is 2.22. The number of nitrogens with zero attached hydrogens (tertiary/aromatic N) is 1. The number of benzene rings is 1. The minimum atomic E-state index is -1.71. The number of carbonyl (C=O) groups is 3. The van der Waals surface area contributed by atoms with Crippen LogP contribution in [-0.2, 0) is 30.3 Å². The van der Waals surface area contributed by atoms with Crippen molar-refractivity contribution in [3.05, 3.63) is 39.9 Å². The van der Waals surface area contributed by atoms with Gasteiger partial charge in [0.05, 0.1) is 4.92 Å². The maximum atomic E-state index is 12.1. The molecule has 116 valence electrons. The second kappa shape index (κ2) is 5.55. The van der Waals surface area contributed by atoms with E-state index in [1.165, 1.54) is 38.1 Å². The molecule has 22 heavy (non-hydrogen) atoms. The highest BCUT2D eigenvalue weighted by Crippen LogP contribution is 2.26. The fourth-order valence-electron chi connectivity index (χ4n) is 2.11. The highest BCUT2D eigenvalue weighted by molar-refractivity contribution is 6.16. The van der Waals surface area contributed by atoms with Crippen molar-refractivity contribution in [3.8, 4) is 0 Å². The molecule has 0 amide bonds. The lowest BCUT2D eigenvalue weighted by Crippen LogP contribution is -2.49. The summed E-state index contributed by atoms with van der Waals surface area (Å²) in [6.07, 6.45) is -0.438. The fraction of sp³-hybridized carbons (Fsp3) is 0.357. The first-order valence-electron chi connectivity index (χ1n) is 6.42. The molecule has 1 heterocycles. The number of Topliss-reactive ketones (excluding diaryl/α,β-unsaturated/α-hetero) is 1. The number of para-hydroxylation sites is 1. The van der Waals surface area contributed by atoms with Crippen molar-refractivity contribution in [2.24, 2.45) is 5.92 Å². The van der Waals surface area contributed by atoms with E-state index in [1.54, 1.807) is 0 Å². The number of nitro groups is 1. The number of esters is 2. The Morgan fingerprint density at radius 2 is 1.77 bits per heavy atom. The SMILES string of the molecule is CC1(C)OC(=O)C(C(=O)Cc2ccccc2[N+](=O)[O-])C(=O)O1. The lowest BCUT2D eigenvalue weighted by molar-refractivity contribution is -0.385. The van der Waals surface area contributed by atoms with Crippen molar-refractivity contribution in [1.82, 2.24) is 0 Å². The van der Waals surface area contributed by atoms with E-state index in [4.69, 9.17) is 9.47 Å². The van der Waals surface area contributed by atoms with Gasteiger partial charge in [-0.05, 0) is 0 Å². The second-order valence-electron chi connectivity index (χ2n) is 5.20. The molecule has 0 atom stereocenters. The van der Waals surface area contributed by atoms with Gasteiger partial charge in [0.1, 0.15) is 0 Å². The van der Waals surface area contributed by atoms with Crippen LogP contribution in [0.15, 0.2) is 24.3 Å². The van der Waals surface area contributed by atoms with Crippen LogP contribution in [0.3, 0.4) is 0 Å². The summed E-state index contributed by atoms with van der Waals surface area (Å²) < 4.78 is 9.71. The second-order valence-corrected chi connectivity index (χ2v) is 5.20. The van der Waals surface area contributed by atoms with E-state index in [-0.39, 0.29) is 11.3 Å². The lowest BCUT2D eigenvalue weighted by atomic mass is 9.96. The molecule has 0 aromatic heterocycles. The summed E-state index contributed by atoms with van der Waals surface area (Å²) in [7, 11) is 0. The molecule has 8 heteroatoms. The Labute approximate surface area is 125 Å². The van der Waals surface area contributed by atoms with E-state index in [9.17, 15) is 24.5 Å². The van der Waals surface area contributed by atoms with Crippen molar-refractivity contribution in [2.75, 3.05) is 0 Å². The van der Waals surface area contributed by atoms with Crippen LogP contribution in [0.4, 0.5) is 5.69 Å². The molecule has 1 aliphatic heterocycles. The minimum absolute atomic E-state index is 0.114. The standard InChI is InChI=1S/C14H13NO7/c1-14(2)21-12(17)11(13(18)22-14)10(16)7-8-5-3-4-6-9(8)15(19)20/h3-6,11H,7H2,1-2H3. The van der Waals surface area contributed by atoms with Crippen LogP contribution >= 0.6 is 0 Å². The predicted octanol–water partition coefficient (Wildman–Crippen LogP) is 1.16. The number of carbonyl (C=O) groups excluding carboxylic acids is 3. The fourth-order valence-corrected chi connectivity index (χ4v) is 2.11. The summed E-state index contributed by atoms with van der Waals surface area (Å²) in [4.78, 5) is 46.0. The predicted molar refractivity (Wildman–Crippen MR) is 71.6 cm³/mol. The van der Waals surface area contributed by atoms with E-state index in [0.29, 0.717) is 0 Å². The first kappa shape index (κ1) is 15.6. The van der Waals surface area contributed by atoms with E-state index in [2.05, 4.69) is 0 Å². The highest BCUT2D eigenvalue weighted by Gasteiger charge is 2.47. The summed E-state index contributed by atoms with van der Waals surface area (Å²) in [5.74, 6) is -5.97. The summed E-state index contributed by atoms with van der Waals surface area (Å²) in [6.45, 7) is 2.73. The third-order valence-corrected chi connectivity index (χ3v) is 3.04. The van der Waals surface area contributed by atoms with Gasteiger partial charge in [0, 0.05) is 31.9 Å². The van der Waals surface area contributed by atoms with E-state index >= 15 is 0 Å². The van der Waals surface area contributed by atoms with Crippen LogP contribution < -0.4 is 0 Å². The van der Waals surface area contributed by atoms with Crippen LogP contribution in [0.2, 0.25) is 0 Å². The Hall–Kier alpha value is -2.77. The summed E-state index contributed by atoms with van der Waals surface area (Å²) in [5.41, 5.74) is -0.142. The molecule has 0 spiro atoms. The largest absolute Gasteiger partial charge is 0.422 e. The smallest absolute Gasteiger partial charge is 0.331 e. The summed E-state index contributed by atoms with van der Waals surface area (Å²) in [6, 6.07) is 5.61. The minimum Gasteiger partial charge on any atom is -0.422 e. The number of hydrogen-bond donors (Lipinski definition) is 0. The van der Waals surface area contributed by atoms with Crippen molar-refractivity contribution in [1.29, 1.82) is 0 Å².